The van der Waals surface area contributed by atoms with Gasteiger partial charge in [-0.3, -0.25) is 0 Å². The lowest BCUT2D eigenvalue weighted by atomic mass is 10.1. The van der Waals surface area contributed by atoms with Crippen LogP contribution in [0.3, 0.4) is 0 Å². The fourth-order valence-corrected chi connectivity index (χ4v) is 1.81. The Bertz CT molecular complexity index is 621. The monoisotopic (exact) mass is 299 g/mol. The Balaban J connectivity index is 1.93. The summed E-state index contributed by atoms with van der Waals surface area (Å²) in [5.74, 6) is 1.23. The summed E-state index contributed by atoms with van der Waals surface area (Å²) < 4.78 is 5.67. The number of nitrogens with one attached hydrogen (secondary N) is 2. The number of carbonyl (C=O) groups is 1. The number of ether oxygens (including phenoxy) is 1. The average Bonchev–Trinajstić information content (AvgIpc) is 2.45. The normalized spacial score (nSPS) is 10.9. The lowest BCUT2D eigenvalue weighted by Crippen LogP contribution is -2.46. The first-order chi connectivity index (χ1) is 10.4. The Labute approximate surface area is 130 Å². The summed E-state index contributed by atoms with van der Waals surface area (Å²) in [5.41, 5.74) is 0.700. The molecule has 2 rings (SSSR count). The molecule has 116 valence electrons. The minimum atomic E-state index is -0.256. The second kappa shape index (κ2) is 6.93. The molecule has 0 spiro atoms. The predicted molar refractivity (Wildman–Crippen MR) is 85.9 cm³/mol. The highest BCUT2D eigenvalue weighted by Crippen LogP contribution is 2.19. The molecule has 0 radical (unpaired) electrons. The quantitative estimate of drug-likeness (QED) is 0.908. The lowest BCUT2D eigenvalue weighted by Gasteiger charge is -2.20. The molecule has 0 aliphatic carbocycles. The van der Waals surface area contributed by atoms with Crippen LogP contribution in [0.2, 0.25) is 0 Å². The number of urea groups is 1. The van der Waals surface area contributed by atoms with Crippen molar-refractivity contribution < 1.29 is 9.53 Å². The number of amides is 2. The summed E-state index contributed by atoms with van der Waals surface area (Å²) in [6.45, 7) is 6.25. The van der Waals surface area contributed by atoms with Crippen molar-refractivity contribution in [1.29, 1.82) is 0 Å². The van der Waals surface area contributed by atoms with Gasteiger partial charge in [-0.15, -0.1) is 0 Å². The van der Waals surface area contributed by atoms with Crippen LogP contribution in [0, 0.1) is 0 Å². The Morgan fingerprint density at radius 2 is 2.00 bits per heavy atom. The number of pyridine rings is 1. The topological polar surface area (TPSA) is 63.2 Å². The molecule has 2 amide bonds. The smallest absolute Gasteiger partial charge is 0.315 e. The lowest BCUT2D eigenvalue weighted by molar-refractivity contribution is 0.231. The number of benzene rings is 1. The zero-order valence-electron chi connectivity index (χ0n) is 13.1. The third kappa shape index (κ3) is 5.44. The fourth-order valence-electron chi connectivity index (χ4n) is 1.81. The van der Waals surface area contributed by atoms with Gasteiger partial charge in [0.2, 0.25) is 5.88 Å². The van der Waals surface area contributed by atoms with Crippen LogP contribution in [0.15, 0.2) is 48.7 Å². The van der Waals surface area contributed by atoms with Gasteiger partial charge in [0.1, 0.15) is 5.75 Å². The summed E-state index contributed by atoms with van der Waals surface area (Å²) in [7, 11) is 0. The molecule has 0 bridgehead atoms. The van der Waals surface area contributed by atoms with Gasteiger partial charge in [0.25, 0.3) is 0 Å². The van der Waals surface area contributed by atoms with E-state index in [4.69, 9.17) is 4.74 Å². The van der Waals surface area contributed by atoms with Crippen molar-refractivity contribution in [3.05, 3.63) is 54.2 Å². The van der Waals surface area contributed by atoms with Gasteiger partial charge in [-0.1, -0.05) is 18.2 Å². The molecule has 1 heterocycles. The van der Waals surface area contributed by atoms with Crippen molar-refractivity contribution in [1.82, 2.24) is 15.6 Å². The maximum atomic E-state index is 11.7. The predicted octanol–water partition coefficient (Wildman–Crippen LogP) is 3.47. The maximum Gasteiger partial charge on any atom is 0.315 e. The van der Waals surface area contributed by atoms with Gasteiger partial charge in [0.15, 0.2) is 0 Å². The van der Waals surface area contributed by atoms with Crippen LogP contribution in [0.5, 0.6) is 11.6 Å². The second-order valence-electron chi connectivity index (χ2n) is 5.98. The highest BCUT2D eigenvalue weighted by atomic mass is 16.5. The number of nitrogens with zero attached hydrogens (tertiary/aromatic N) is 1. The number of hydrogen-bond acceptors (Lipinski definition) is 3. The van der Waals surface area contributed by atoms with E-state index in [-0.39, 0.29) is 11.6 Å². The van der Waals surface area contributed by atoms with Crippen LogP contribution >= 0.6 is 0 Å². The van der Waals surface area contributed by atoms with Crippen LogP contribution < -0.4 is 15.4 Å². The van der Waals surface area contributed by atoms with E-state index in [1.807, 2.05) is 57.2 Å². The van der Waals surface area contributed by atoms with E-state index in [1.54, 1.807) is 12.3 Å². The van der Waals surface area contributed by atoms with Crippen molar-refractivity contribution in [2.75, 3.05) is 0 Å². The molecule has 2 N–H and O–H groups in total. The summed E-state index contributed by atoms with van der Waals surface area (Å²) >= 11 is 0. The van der Waals surface area contributed by atoms with E-state index in [2.05, 4.69) is 15.6 Å². The van der Waals surface area contributed by atoms with Crippen LogP contribution in [0.1, 0.15) is 26.3 Å². The molecule has 1 aromatic carbocycles. The minimum absolute atomic E-state index is 0.191. The molecular weight excluding hydrogens is 278 g/mol. The highest BCUT2D eigenvalue weighted by molar-refractivity contribution is 5.74. The summed E-state index contributed by atoms with van der Waals surface area (Å²) in [6.07, 6.45) is 1.68. The minimum Gasteiger partial charge on any atom is -0.439 e. The van der Waals surface area contributed by atoms with Crippen LogP contribution in [0.4, 0.5) is 4.79 Å². The van der Waals surface area contributed by atoms with Crippen molar-refractivity contribution in [3.63, 3.8) is 0 Å². The summed E-state index contributed by atoms with van der Waals surface area (Å²) in [5, 5.41) is 5.68. The molecule has 0 fully saturated rings. The van der Waals surface area contributed by atoms with Crippen molar-refractivity contribution in [2.24, 2.45) is 0 Å². The molecule has 0 saturated carbocycles. The van der Waals surface area contributed by atoms with Crippen molar-refractivity contribution in [2.45, 2.75) is 32.9 Å². The Hall–Kier alpha value is -2.56. The Morgan fingerprint density at radius 1 is 1.18 bits per heavy atom. The van der Waals surface area contributed by atoms with E-state index >= 15 is 0 Å². The van der Waals surface area contributed by atoms with Crippen molar-refractivity contribution >= 4 is 6.03 Å². The van der Waals surface area contributed by atoms with E-state index in [0.717, 1.165) is 5.56 Å². The van der Waals surface area contributed by atoms with E-state index in [1.165, 1.54) is 0 Å². The number of hydrogen-bond donors (Lipinski definition) is 2. The third-order valence-electron chi connectivity index (χ3n) is 2.70. The zero-order chi connectivity index (χ0) is 16.0. The van der Waals surface area contributed by atoms with Crippen LogP contribution in [0.25, 0.3) is 0 Å². The van der Waals surface area contributed by atoms with Gasteiger partial charge >= 0.3 is 6.03 Å². The largest absolute Gasteiger partial charge is 0.439 e. The van der Waals surface area contributed by atoms with Gasteiger partial charge in [-0.2, -0.15) is 0 Å². The van der Waals surface area contributed by atoms with Gasteiger partial charge in [0.05, 0.1) is 0 Å². The van der Waals surface area contributed by atoms with Crippen molar-refractivity contribution in [3.8, 4) is 11.6 Å². The van der Waals surface area contributed by atoms with Crippen LogP contribution in [-0.4, -0.2) is 16.6 Å². The van der Waals surface area contributed by atoms with Crippen LogP contribution in [-0.2, 0) is 6.54 Å². The summed E-state index contributed by atoms with van der Waals surface area (Å²) in [4.78, 5) is 15.9. The standard InChI is InChI=1S/C17H21N3O2/c1-17(2,3)20-16(21)19-12-13-7-6-8-14(11-13)22-15-9-4-5-10-18-15/h4-11H,12H2,1-3H3,(H2,19,20,21). The molecule has 22 heavy (non-hydrogen) atoms. The first-order valence-electron chi connectivity index (χ1n) is 7.16. The first kappa shape index (κ1) is 15.8. The van der Waals surface area contributed by atoms with E-state index < -0.39 is 0 Å². The highest BCUT2D eigenvalue weighted by Gasteiger charge is 2.13. The number of aromatic nitrogens is 1. The van der Waals surface area contributed by atoms with Gasteiger partial charge < -0.3 is 15.4 Å². The molecule has 1 aromatic heterocycles. The molecule has 5 nitrogen and oxygen atoms in total. The Morgan fingerprint density at radius 3 is 2.68 bits per heavy atom. The number of rotatable bonds is 4. The molecule has 0 aliphatic heterocycles. The molecule has 2 aromatic rings. The SMILES string of the molecule is CC(C)(C)NC(=O)NCc1cccc(Oc2ccccn2)c1. The number of carbonyl (C=O) groups excluding carboxylic acids is 1. The summed E-state index contributed by atoms with van der Waals surface area (Å²) in [6, 6.07) is 12.9. The van der Waals surface area contributed by atoms with Gasteiger partial charge in [-0.25, -0.2) is 9.78 Å². The fraction of sp³-hybridized carbons (Fsp3) is 0.294. The van der Waals surface area contributed by atoms with Gasteiger partial charge in [0, 0.05) is 24.3 Å². The maximum absolute atomic E-state index is 11.7. The molecule has 5 heteroatoms. The second-order valence-corrected chi connectivity index (χ2v) is 5.98. The molecule has 0 unspecified atom stereocenters. The third-order valence-corrected chi connectivity index (χ3v) is 2.70. The molecule has 0 saturated heterocycles. The molecule has 0 atom stereocenters. The van der Waals surface area contributed by atoms with Gasteiger partial charge in [-0.05, 0) is 44.5 Å². The molecular formula is C17H21N3O2. The van der Waals surface area contributed by atoms with E-state index in [0.29, 0.717) is 18.2 Å². The molecule has 0 aliphatic rings. The Kier molecular flexibility index (Phi) is 4.99. The van der Waals surface area contributed by atoms with E-state index in [9.17, 15) is 4.79 Å². The average molecular weight is 299 g/mol. The first-order valence-corrected chi connectivity index (χ1v) is 7.16. The zero-order valence-corrected chi connectivity index (χ0v) is 13.1.